The standard InChI is InChI=1S/C22H44N6O.HI/c1-5-23-21(24-14-11-20(29)27(6-2)7-3)25-19-22(12-17-26(4)18-13-22)28-15-9-8-10-16-28;/h5-19H2,1-4H3,(H2,23,24,25);1H. The van der Waals surface area contributed by atoms with E-state index in [9.17, 15) is 4.79 Å². The summed E-state index contributed by atoms with van der Waals surface area (Å²) in [4.78, 5) is 24.3. The molecule has 2 aliphatic rings. The van der Waals surface area contributed by atoms with Gasteiger partial charge in [0.1, 0.15) is 0 Å². The maximum atomic E-state index is 12.3. The number of halogens is 1. The fourth-order valence-corrected chi connectivity index (χ4v) is 4.57. The first-order chi connectivity index (χ1) is 14.0. The number of hydrogen-bond donors (Lipinski definition) is 2. The molecule has 7 nitrogen and oxygen atoms in total. The normalized spacial score (nSPS) is 20.3. The van der Waals surface area contributed by atoms with Gasteiger partial charge < -0.3 is 20.4 Å². The lowest BCUT2D eigenvalue weighted by Crippen LogP contribution is -2.58. The molecule has 0 bridgehead atoms. The van der Waals surface area contributed by atoms with Crippen molar-refractivity contribution >= 4 is 35.8 Å². The third-order valence-corrected chi connectivity index (χ3v) is 6.57. The van der Waals surface area contributed by atoms with Crippen molar-refractivity contribution in [3.63, 3.8) is 0 Å². The van der Waals surface area contributed by atoms with Gasteiger partial charge in [-0.3, -0.25) is 14.7 Å². The van der Waals surface area contributed by atoms with Crippen LogP contribution in [0.4, 0.5) is 0 Å². The van der Waals surface area contributed by atoms with E-state index in [1.54, 1.807) is 0 Å². The highest BCUT2D eigenvalue weighted by molar-refractivity contribution is 14.0. The number of aliphatic imine (C=N–C) groups is 1. The molecule has 2 N–H and O–H groups in total. The van der Waals surface area contributed by atoms with Crippen LogP contribution in [-0.4, -0.2) is 98.1 Å². The molecule has 0 radical (unpaired) electrons. The van der Waals surface area contributed by atoms with Crippen molar-refractivity contribution in [2.24, 2.45) is 4.99 Å². The second kappa shape index (κ2) is 14.5. The lowest BCUT2D eigenvalue weighted by Gasteiger charge is -2.49. The summed E-state index contributed by atoms with van der Waals surface area (Å²) in [7, 11) is 2.22. The second-order valence-electron chi connectivity index (χ2n) is 8.51. The van der Waals surface area contributed by atoms with E-state index in [0.717, 1.165) is 45.2 Å². The summed E-state index contributed by atoms with van der Waals surface area (Å²) in [6, 6.07) is 0. The molecule has 2 fully saturated rings. The maximum Gasteiger partial charge on any atom is 0.224 e. The van der Waals surface area contributed by atoms with Crippen LogP contribution in [0.5, 0.6) is 0 Å². The van der Waals surface area contributed by atoms with Gasteiger partial charge in [0.05, 0.1) is 6.54 Å². The molecule has 2 rings (SSSR count). The third kappa shape index (κ3) is 8.15. The van der Waals surface area contributed by atoms with Crippen LogP contribution in [0, 0.1) is 0 Å². The fraction of sp³-hybridized carbons (Fsp3) is 0.909. The first-order valence-corrected chi connectivity index (χ1v) is 11.8. The molecule has 0 spiro atoms. The predicted molar refractivity (Wildman–Crippen MR) is 137 cm³/mol. The van der Waals surface area contributed by atoms with Crippen molar-refractivity contribution in [2.45, 2.75) is 64.8 Å². The molecule has 176 valence electrons. The van der Waals surface area contributed by atoms with Gasteiger partial charge in [0.2, 0.25) is 5.91 Å². The number of rotatable bonds is 9. The first-order valence-electron chi connectivity index (χ1n) is 11.8. The molecule has 0 unspecified atom stereocenters. The molecule has 8 heteroatoms. The summed E-state index contributed by atoms with van der Waals surface area (Å²) in [5.41, 5.74) is 0.187. The maximum absolute atomic E-state index is 12.3. The van der Waals surface area contributed by atoms with Crippen LogP contribution >= 0.6 is 24.0 Å². The summed E-state index contributed by atoms with van der Waals surface area (Å²) in [5.74, 6) is 1.05. The van der Waals surface area contributed by atoms with E-state index < -0.39 is 0 Å². The number of nitrogens with one attached hydrogen (secondary N) is 2. The Balaban J connectivity index is 0.00000450. The molecule has 2 saturated heterocycles. The van der Waals surface area contributed by atoms with E-state index in [4.69, 9.17) is 4.99 Å². The van der Waals surface area contributed by atoms with E-state index >= 15 is 0 Å². The minimum atomic E-state index is 0. The van der Waals surface area contributed by atoms with Crippen molar-refractivity contribution in [3.05, 3.63) is 0 Å². The van der Waals surface area contributed by atoms with Crippen LogP contribution in [-0.2, 0) is 4.79 Å². The number of carbonyl (C=O) groups excluding carboxylic acids is 1. The van der Waals surface area contributed by atoms with Crippen LogP contribution in [0.25, 0.3) is 0 Å². The zero-order valence-electron chi connectivity index (χ0n) is 19.7. The van der Waals surface area contributed by atoms with E-state index in [-0.39, 0.29) is 35.4 Å². The molecule has 2 heterocycles. The molecular weight excluding hydrogens is 491 g/mol. The largest absolute Gasteiger partial charge is 0.357 e. The Morgan fingerprint density at radius 2 is 1.63 bits per heavy atom. The van der Waals surface area contributed by atoms with Gasteiger partial charge in [-0.2, -0.15) is 0 Å². The number of nitrogens with zero attached hydrogens (tertiary/aromatic N) is 4. The summed E-state index contributed by atoms with van der Waals surface area (Å²) in [6.07, 6.45) is 6.87. The van der Waals surface area contributed by atoms with E-state index in [2.05, 4.69) is 34.4 Å². The Morgan fingerprint density at radius 3 is 2.20 bits per heavy atom. The summed E-state index contributed by atoms with van der Waals surface area (Å²) >= 11 is 0. The zero-order valence-corrected chi connectivity index (χ0v) is 22.0. The molecule has 1 amide bonds. The Labute approximate surface area is 201 Å². The van der Waals surface area contributed by atoms with E-state index in [1.807, 2.05) is 18.7 Å². The van der Waals surface area contributed by atoms with Crippen LogP contribution < -0.4 is 10.6 Å². The summed E-state index contributed by atoms with van der Waals surface area (Å²) in [6.45, 7) is 14.7. The minimum Gasteiger partial charge on any atom is -0.357 e. The van der Waals surface area contributed by atoms with Gasteiger partial charge in [-0.25, -0.2) is 0 Å². The number of carbonyl (C=O) groups is 1. The SMILES string of the molecule is CCNC(=NCC1(N2CCCCC2)CCN(C)CC1)NCCC(=O)N(CC)CC.I. The number of likely N-dealkylation sites (tertiary alicyclic amines) is 2. The van der Waals surface area contributed by atoms with Crippen molar-refractivity contribution < 1.29 is 4.79 Å². The Morgan fingerprint density at radius 1 is 1.00 bits per heavy atom. The van der Waals surface area contributed by atoms with E-state index in [0.29, 0.717) is 13.0 Å². The van der Waals surface area contributed by atoms with Gasteiger partial charge in [0.15, 0.2) is 5.96 Å². The van der Waals surface area contributed by atoms with Crippen LogP contribution in [0.15, 0.2) is 4.99 Å². The van der Waals surface area contributed by atoms with Gasteiger partial charge in [-0.15, -0.1) is 24.0 Å². The number of guanidine groups is 1. The Hall–Kier alpha value is -0.610. The summed E-state index contributed by atoms with van der Waals surface area (Å²) in [5, 5.41) is 6.75. The van der Waals surface area contributed by atoms with Gasteiger partial charge in [-0.1, -0.05) is 6.42 Å². The van der Waals surface area contributed by atoms with Gasteiger partial charge in [0, 0.05) is 38.1 Å². The summed E-state index contributed by atoms with van der Waals surface area (Å²) < 4.78 is 0. The molecule has 0 aliphatic carbocycles. The third-order valence-electron chi connectivity index (χ3n) is 6.57. The molecular formula is C22H45IN6O. The van der Waals surface area contributed by atoms with Gasteiger partial charge in [0.25, 0.3) is 0 Å². The molecule has 0 aromatic heterocycles. The van der Waals surface area contributed by atoms with Gasteiger partial charge >= 0.3 is 0 Å². The highest BCUT2D eigenvalue weighted by Gasteiger charge is 2.39. The second-order valence-corrected chi connectivity index (χ2v) is 8.51. The molecule has 30 heavy (non-hydrogen) atoms. The van der Waals surface area contributed by atoms with Crippen molar-refractivity contribution in [3.8, 4) is 0 Å². The molecule has 2 aliphatic heterocycles. The average molecular weight is 537 g/mol. The van der Waals surface area contributed by atoms with Crippen LogP contribution in [0.3, 0.4) is 0 Å². The smallest absolute Gasteiger partial charge is 0.224 e. The lowest BCUT2D eigenvalue weighted by atomic mass is 9.84. The van der Waals surface area contributed by atoms with Crippen molar-refractivity contribution in [2.75, 3.05) is 66.0 Å². The average Bonchev–Trinajstić information content (AvgIpc) is 2.75. The zero-order chi connectivity index (χ0) is 21.1. The molecule has 0 saturated carbocycles. The minimum absolute atomic E-state index is 0. The number of piperidine rings is 2. The number of hydrogen-bond acceptors (Lipinski definition) is 4. The monoisotopic (exact) mass is 536 g/mol. The van der Waals surface area contributed by atoms with E-state index in [1.165, 1.54) is 45.2 Å². The quantitative estimate of drug-likeness (QED) is 0.269. The topological polar surface area (TPSA) is 63.2 Å². The first kappa shape index (κ1) is 27.4. The van der Waals surface area contributed by atoms with Crippen molar-refractivity contribution in [1.82, 2.24) is 25.3 Å². The highest BCUT2D eigenvalue weighted by Crippen LogP contribution is 2.31. The van der Waals surface area contributed by atoms with Crippen LogP contribution in [0.1, 0.15) is 59.3 Å². The highest BCUT2D eigenvalue weighted by atomic mass is 127. The Bertz CT molecular complexity index is 512. The lowest BCUT2D eigenvalue weighted by molar-refractivity contribution is -0.130. The fourth-order valence-electron chi connectivity index (χ4n) is 4.57. The van der Waals surface area contributed by atoms with Crippen LogP contribution in [0.2, 0.25) is 0 Å². The molecule has 0 aromatic carbocycles. The Kier molecular flexibility index (Phi) is 13.2. The predicted octanol–water partition coefficient (Wildman–Crippen LogP) is 2.37. The van der Waals surface area contributed by atoms with Crippen molar-refractivity contribution in [1.29, 1.82) is 0 Å². The molecule has 0 aromatic rings. The number of amides is 1. The molecule has 0 atom stereocenters. The van der Waals surface area contributed by atoms with Gasteiger partial charge in [-0.05, 0) is 79.7 Å².